The molecule has 3 aromatic rings. The van der Waals surface area contributed by atoms with E-state index in [9.17, 15) is 28.0 Å². The molecule has 6 bridgehead atoms. The van der Waals surface area contributed by atoms with Crippen molar-refractivity contribution in [1.29, 1.82) is 0 Å². The summed E-state index contributed by atoms with van der Waals surface area (Å²) in [6.07, 6.45) is 4.40. The van der Waals surface area contributed by atoms with Crippen LogP contribution in [0.3, 0.4) is 0 Å². The molecule has 0 unspecified atom stereocenters. The molecule has 6 heterocycles. The lowest BCUT2D eigenvalue weighted by atomic mass is 9.85. The number of aryl methyl sites for hydroxylation is 1. The zero-order valence-electron chi connectivity index (χ0n) is 40.2. The molecule has 4 atom stereocenters. The zero-order chi connectivity index (χ0) is 49.2. The van der Waals surface area contributed by atoms with Crippen LogP contribution in [-0.4, -0.2) is 156 Å². The van der Waals surface area contributed by atoms with Crippen molar-refractivity contribution in [2.45, 2.75) is 104 Å². The molecule has 7 rings (SSSR count). The van der Waals surface area contributed by atoms with Crippen LogP contribution in [-0.2, 0) is 48.0 Å². The fourth-order valence-corrected chi connectivity index (χ4v) is 10.1. The number of amides is 4. The van der Waals surface area contributed by atoms with Gasteiger partial charge in [0.2, 0.25) is 5.91 Å². The summed E-state index contributed by atoms with van der Waals surface area (Å²) in [5.74, 6) is -5.80. The predicted molar refractivity (Wildman–Crippen MR) is 253 cm³/mol. The molecule has 2 aromatic heterocycles. The number of esters is 1. The Hall–Kier alpha value is -5.31. The number of aliphatic imine (C=N–C) groups is 1. The SMILES string of the molecule is C=C(C=N/C(=C/c1c2c3cc(c(F)cc3n1CC)-c1csc(n1)C[C@H](NC(=O)[C@H](C(C)C)N(C)C(=O)N1CC(F)(F)C1)C(=O)N1CCC[C@H](N1)C(=O)OCC(C)(C)C2)[C@H](C)OC)N1CCOCC1. The molecule has 3 saturated heterocycles. The first-order valence-electron chi connectivity index (χ1n) is 23.2. The van der Waals surface area contributed by atoms with Crippen LogP contribution in [0.25, 0.3) is 28.2 Å². The van der Waals surface area contributed by atoms with Gasteiger partial charge in [0.25, 0.3) is 11.8 Å². The first-order valence-corrected chi connectivity index (χ1v) is 24.1. The largest absolute Gasteiger partial charge is 0.464 e. The lowest BCUT2D eigenvalue weighted by Gasteiger charge is -2.42. The standard InChI is InChI=1S/C48H64F3N9O7S/c1-10-59-39-19-34(49)32-18-31(39)33(40(59)20-36(30(5)65-9)52-23-29(4)57-14-16-66-17-15-57)22-47(6,7)27-67-45(63)35-12-11-13-60(55-35)44(62)37(21-41-53-38(32)24-68-41)54-43(61)42(28(2)3)56(8)46(64)58-25-48(50,51)26-58/h18-20,23-24,28,30,35,37,42,55H,4,10-17,21-22,25-27H2,1-3,5-9H3,(H,54,61)/b36-20+,52-23?/t30-,35-,37-,42-/m0/s1. The number of thiazole rings is 1. The number of fused-ring (bicyclic) bond motifs is 6. The number of ether oxygens (including phenoxy) is 3. The van der Waals surface area contributed by atoms with Crippen LogP contribution in [0.4, 0.5) is 18.0 Å². The van der Waals surface area contributed by atoms with Crippen molar-refractivity contribution in [3.63, 3.8) is 0 Å². The first kappa shape index (κ1) is 50.6. The second-order valence-corrected chi connectivity index (χ2v) is 20.1. The molecule has 0 aliphatic carbocycles. The van der Waals surface area contributed by atoms with Gasteiger partial charge in [-0.05, 0) is 62.8 Å². The van der Waals surface area contributed by atoms with Crippen molar-refractivity contribution in [2.24, 2.45) is 16.3 Å². The molecule has 4 amide bonds. The highest BCUT2D eigenvalue weighted by molar-refractivity contribution is 7.10. The quantitative estimate of drug-likeness (QED) is 0.175. The molecule has 4 aliphatic rings. The van der Waals surface area contributed by atoms with Crippen molar-refractivity contribution in [2.75, 3.05) is 66.7 Å². The Morgan fingerprint density at radius 1 is 1.15 bits per heavy atom. The van der Waals surface area contributed by atoms with Crippen LogP contribution in [0.15, 0.2) is 40.5 Å². The van der Waals surface area contributed by atoms with Crippen molar-refractivity contribution >= 4 is 58.3 Å². The van der Waals surface area contributed by atoms with Gasteiger partial charge in [0.1, 0.15) is 23.9 Å². The summed E-state index contributed by atoms with van der Waals surface area (Å²) < 4.78 is 63.6. The number of alkyl halides is 2. The molecule has 0 spiro atoms. The summed E-state index contributed by atoms with van der Waals surface area (Å²) in [5.41, 5.74) is 6.61. The molecule has 1 aromatic carbocycles. The summed E-state index contributed by atoms with van der Waals surface area (Å²) in [6.45, 7) is 17.3. The van der Waals surface area contributed by atoms with Crippen molar-refractivity contribution in [1.82, 2.24) is 40.0 Å². The van der Waals surface area contributed by atoms with E-state index < -0.39 is 84.2 Å². The molecule has 16 nitrogen and oxygen atoms in total. The lowest BCUT2D eigenvalue weighted by Crippen LogP contribution is -2.65. The summed E-state index contributed by atoms with van der Waals surface area (Å²) in [7, 11) is 2.98. The number of likely N-dealkylation sites (N-methyl/N-ethyl adjacent to an activating group) is 1. The average Bonchev–Trinajstić information content (AvgIpc) is 3.87. The van der Waals surface area contributed by atoms with E-state index in [1.165, 1.54) is 29.5 Å². The van der Waals surface area contributed by atoms with Gasteiger partial charge >= 0.3 is 12.0 Å². The van der Waals surface area contributed by atoms with Gasteiger partial charge in [-0.2, -0.15) is 0 Å². The zero-order valence-corrected chi connectivity index (χ0v) is 41.0. The van der Waals surface area contributed by atoms with Gasteiger partial charge in [-0.3, -0.25) is 24.4 Å². The summed E-state index contributed by atoms with van der Waals surface area (Å²) in [5, 5.41) is 7.02. The van der Waals surface area contributed by atoms with E-state index in [0.717, 1.165) is 32.1 Å². The van der Waals surface area contributed by atoms with Crippen molar-refractivity contribution < 1.29 is 46.6 Å². The Morgan fingerprint density at radius 3 is 2.53 bits per heavy atom. The number of morpholine rings is 1. The number of benzene rings is 1. The number of hydrogen-bond donors (Lipinski definition) is 2. The van der Waals surface area contributed by atoms with Gasteiger partial charge in [-0.1, -0.05) is 34.3 Å². The minimum atomic E-state index is -3.00. The second kappa shape index (κ2) is 20.7. The van der Waals surface area contributed by atoms with Gasteiger partial charge < -0.3 is 38.8 Å². The minimum absolute atomic E-state index is 0.0127. The lowest BCUT2D eigenvalue weighted by molar-refractivity contribution is -0.155. The molecule has 0 saturated carbocycles. The molecule has 3 fully saturated rings. The van der Waals surface area contributed by atoms with Crippen LogP contribution in [0.1, 0.15) is 70.6 Å². The number of cyclic esters (lactones) is 1. The number of halogens is 3. The van der Waals surface area contributed by atoms with E-state index in [1.54, 1.807) is 38.6 Å². The number of carbonyl (C=O) groups is 4. The van der Waals surface area contributed by atoms with Gasteiger partial charge in [0, 0.05) is 86.1 Å². The predicted octanol–water partition coefficient (Wildman–Crippen LogP) is 5.89. The van der Waals surface area contributed by atoms with Gasteiger partial charge in [-0.25, -0.2) is 28.4 Å². The summed E-state index contributed by atoms with van der Waals surface area (Å²) in [4.78, 5) is 69.8. The Bertz CT molecular complexity index is 2460. The summed E-state index contributed by atoms with van der Waals surface area (Å²) in [6, 6.07) is -0.721. The molecule has 68 heavy (non-hydrogen) atoms. The fraction of sp³-hybridized carbons (Fsp3) is 0.583. The van der Waals surface area contributed by atoms with Crippen molar-refractivity contribution in [3.8, 4) is 11.3 Å². The average molecular weight is 968 g/mol. The molecule has 20 heteroatoms. The van der Waals surface area contributed by atoms with E-state index in [4.69, 9.17) is 24.2 Å². The number of methoxy groups -OCH3 is 1. The van der Waals surface area contributed by atoms with Gasteiger partial charge in [-0.15, -0.1) is 11.3 Å². The molecular formula is C48H64F3N9O7S. The number of aromatic nitrogens is 2. The Balaban J connectivity index is 1.29. The number of rotatable bonds is 11. The third kappa shape index (κ3) is 11.1. The van der Waals surface area contributed by atoms with Crippen molar-refractivity contribution in [3.05, 3.63) is 57.6 Å². The van der Waals surface area contributed by atoms with E-state index in [-0.39, 0.29) is 25.1 Å². The number of nitrogens with one attached hydrogen (secondary N) is 2. The number of carbonyl (C=O) groups excluding carboxylic acids is 4. The smallest absolute Gasteiger partial charge is 0.324 e. The fourth-order valence-electron chi connectivity index (χ4n) is 9.22. The van der Waals surface area contributed by atoms with E-state index in [2.05, 4.69) is 22.2 Å². The Morgan fingerprint density at radius 2 is 1.87 bits per heavy atom. The minimum Gasteiger partial charge on any atom is -0.464 e. The number of urea groups is 1. The van der Waals surface area contributed by atoms with E-state index in [1.807, 2.05) is 38.3 Å². The summed E-state index contributed by atoms with van der Waals surface area (Å²) >= 11 is 1.19. The molecular weight excluding hydrogens is 904 g/mol. The third-order valence-electron chi connectivity index (χ3n) is 13.0. The monoisotopic (exact) mass is 967 g/mol. The van der Waals surface area contributed by atoms with Crippen LogP contribution in [0.2, 0.25) is 0 Å². The highest BCUT2D eigenvalue weighted by Gasteiger charge is 2.48. The molecule has 370 valence electrons. The highest BCUT2D eigenvalue weighted by Crippen LogP contribution is 2.39. The topological polar surface area (TPSA) is 163 Å². The maximum atomic E-state index is 16.7. The number of allylic oxidation sites excluding steroid dienone is 1. The van der Waals surface area contributed by atoms with Crippen LogP contribution < -0.4 is 10.7 Å². The molecule has 2 N–H and O–H groups in total. The highest BCUT2D eigenvalue weighted by atomic mass is 32.1. The maximum Gasteiger partial charge on any atom is 0.324 e. The Labute approximate surface area is 399 Å². The van der Waals surface area contributed by atoms with Gasteiger partial charge in [0.05, 0.1) is 60.9 Å². The van der Waals surface area contributed by atoms with E-state index in [0.29, 0.717) is 74.0 Å². The van der Waals surface area contributed by atoms with Crippen LogP contribution in [0, 0.1) is 17.2 Å². The Kier molecular flexibility index (Phi) is 15.4. The molecule has 0 radical (unpaired) electrons. The number of hydrogen-bond acceptors (Lipinski definition) is 12. The third-order valence-corrected chi connectivity index (χ3v) is 13.9. The first-order chi connectivity index (χ1) is 32.2. The normalized spacial score (nSPS) is 22.2. The number of likely N-dealkylation sites (tertiary alicyclic amines) is 1. The number of nitrogens with zero attached hydrogens (tertiary/aromatic N) is 7. The van der Waals surface area contributed by atoms with Gasteiger partial charge in [0.15, 0.2) is 0 Å². The van der Waals surface area contributed by atoms with Crippen LogP contribution >= 0.6 is 11.3 Å². The van der Waals surface area contributed by atoms with E-state index >= 15 is 4.39 Å². The molecule has 4 aliphatic heterocycles. The number of hydrazine groups is 1. The van der Waals surface area contributed by atoms with Crippen LogP contribution in [0.5, 0.6) is 0 Å². The second-order valence-electron chi connectivity index (χ2n) is 19.2. The maximum absolute atomic E-state index is 16.7.